The zero-order chi connectivity index (χ0) is 24.1. The van der Waals surface area contributed by atoms with Crippen molar-refractivity contribution in [1.82, 2.24) is 9.78 Å². The standard InChI is InChI=1S/C27H21ClN4O2/c1-18-14-22(34-2)12-13-23(18)26-20(17-32(31-26)21-8-4-3-5-9-21)15-19(16-29)27(33)30-25-11-7-6-10-24(25)28/h3-15,17H,1-2H3,(H,30,33)/b19-15-. The van der Waals surface area contributed by atoms with Gasteiger partial charge in [-0.2, -0.15) is 10.4 Å². The second-order valence-electron chi connectivity index (χ2n) is 7.50. The summed E-state index contributed by atoms with van der Waals surface area (Å²) in [7, 11) is 1.61. The molecule has 4 aromatic rings. The minimum Gasteiger partial charge on any atom is -0.497 e. The third-order valence-corrected chi connectivity index (χ3v) is 5.57. The van der Waals surface area contributed by atoms with Crippen LogP contribution in [0, 0.1) is 18.3 Å². The van der Waals surface area contributed by atoms with Crippen LogP contribution in [0.1, 0.15) is 11.1 Å². The second kappa shape index (κ2) is 10.1. The summed E-state index contributed by atoms with van der Waals surface area (Å²) in [5.41, 5.74) is 4.30. The van der Waals surface area contributed by atoms with Gasteiger partial charge in [0.05, 0.1) is 23.5 Å². The highest BCUT2D eigenvalue weighted by atomic mass is 35.5. The number of nitrogens with one attached hydrogen (secondary N) is 1. The number of aryl methyl sites for hydroxylation is 1. The number of carbonyl (C=O) groups excluding carboxylic acids is 1. The van der Waals surface area contributed by atoms with E-state index in [2.05, 4.69) is 5.32 Å². The molecule has 1 N–H and O–H groups in total. The van der Waals surface area contributed by atoms with Crippen LogP contribution in [-0.2, 0) is 4.79 Å². The predicted molar refractivity (Wildman–Crippen MR) is 134 cm³/mol. The van der Waals surface area contributed by atoms with Crippen molar-refractivity contribution in [3.8, 4) is 28.8 Å². The number of methoxy groups -OCH3 is 1. The molecule has 1 heterocycles. The molecular formula is C27H21ClN4O2. The van der Waals surface area contributed by atoms with Crippen LogP contribution in [0.15, 0.2) is 84.6 Å². The molecule has 0 bridgehead atoms. The third kappa shape index (κ3) is 4.85. The Hall–Kier alpha value is -4.34. The van der Waals surface area contributed by atoms with Crippen molar-refractivity contribution in [1.29, 1.82) is 5.26 Å². The first-order valence-corrected chi connectivity index (χ1v) is 10.9. The Morgan fingerprint density at radius 3 is 2.53 bits per heavy atom. The number of aromatic nitrogens is 2. The van der Waals surface area contributed by atoms with E-state index in [0.717, 1.165) is 22.6 Å². The van der Waals surface area contributed by atoms with E-state index in [4.69, 9.17) is 21.4 Å². The first-order valence-electron chi connectivity index (χ1n) is 10.5. The SMILES string of the molecule is COc1ccc(-c2nn(-c3ccccc3)cc2/C=C(/C#N)C(=O)Nc2ccccc2Cl)c(C)c1. The lowest BCUT2D eigenvalue weighted by molar-refractivity contribution is -0.112. The van der Waals surface area contributed by atoms with E-state index < -0.39 is 5.91 Å². The number of carbonyl (C=O) groups is 1. The maximum absolute atomic E-state index is 12.9. The average molecular weight is 469 g/mol. The molecule has 1 amide bonds. The lowest BCUT2D eigenvalue weighted by atomic mass is 10.0. The molecule has 4 rings (SSSR count). The van der Waals surface area contributed by atoms with Crippen molar-refractivity contribution in [3.05, 3.63) is 101 Å². The van der Waals surface area contributed by atoms with Gasteiger partial charge in [0, 0.05) is 17.3 Å². The summed E-state index contributed by atoms with van der Waals surface area (Å²) in [6.07, 6.45) is 3.34. The Kier molecular flexibility index (Phi) is 6.77. The number of anilines is 1. The maximum Gasteiger partial charge on any atom is 0.266 e. The van der Waals surface area contributed by atoms with Gasteiger partial charge < -0.3 is 10.1 Å². The molecular weight excluding hydrogens is 448 g/mol. The summed E-state index contributed by atoms with van der Waals surface area (Å²) < 4.78 is 7.05. The Balaban J connectivity index is 1.80. The summed E-state index contributed by atoms with van der Waals surface area (Å²) in [5.74, 6) is 0.179. The number of ether oxygens (including phenoxy) is 1. The van der Waals surface area contributed by atoms with Crippen molar-refractivity contribution in [2.75, 3.05) is 12.4 Å². The molecule has 168 valence electrons. The predicted octanol–water partition coefficient (Wildman–Crippen LogP) is 6.06. The number of hydrogen-bond donors (Lipinski definition) is 1. The van der Waals surface area contributed by atoms with E-state index in [1.165, 1.54) is 6.08 Å². The van der Waals surface area contributed by atoms with Crippen LogP contribution < -0.4 is 10.1 Å². The molecule has 0 saturated heterocycles. The van der Waals surface area contributed by atoms with Gasteiger partial charge in [0.25, 0.3) is 5.91 Å². The fourth-order valence-corrected chi connectivity index (χ4v) is 3.68. The molecule has 3 aromatic carbocycles. The van der Waals surface area contributed by atoms with Crippen molar-refractivity contribution >= 4 is 29.3 Å². The Morgan fingerprint density at radius 1 is 1.12 bits per heavy atom. The molecule has 7 heteroatoms. The average Bonchev–Trinajstić information content (AvgIpc) is 3.27. The van der Waals surface area contributed by atoms with Crippen LogP contribution in [0.2, 0.25) is 5.02 Å². The molecule has 0 aliphatic carbocycles. The van der Waals surface area contributed by atoms with Crippen LogP contribution >= 0.6 is 11.6 Å². The molecule has 34 heavy (non-hydrogen) atoms. The lowest BCUT2D eigenvalue weighted by Gasteiger charge is -2.08. The van der Waals surface area contributed by atoms with Gasteiger partial charge in [0.2, 0.25) is 0 Å². The lowest BCUT2D eigenvalue weighted by Crippen LogP contribution is -2.13. The fourth-order valence-electron chi connectivity index (χ4n) is 3.50. The smallest absolute Gasteiger partial charge is 0.266 e. The minimum atomic E-state index is -0.555. The van der Waals surface area contributed by atoms with Crippen LogP contribution in [0.25, 0.3) is 23.0 Å². The summed E-state index contributed by atoms with van der Waals surface area (Å²) in [4.78, 5) is 12.9. The van der Waals surface area contributed by atoms with Crippen molar-refractivity contribution in [2.45, 2.75) is 6.92 Å². The van der Waals surface area contributed by atoms with Gasteiger partial charge in [0.1, 0.15) is 23.1 Å². The summed E-state index contributed by atoms with van der Waals surface area (Å²) in [6, 6.07) is 24.2. The number of nitrogens with zero attached hydrogens (tertiary/aromatic N) is 3. The van der Waals surface area contributed by atoms with Crippen molar-refractivity contribution in [3.63, 3.8) is 0 Å². The largest absolute Gasteiger partial charge is 0.497 e. The first-order chi connectivity index (χ1) is 16.5. The monoisotopic (exact) mass is 468 g/mol. The molecule has 0 unspecified atom stereocenters. The molecule has 6 nitrogen and oxygen atoms in total. The molecule has 0 fully saturated rings. The highest BCUT2D eigenvalue weighted by Crippen LogP contribution is 2.31. The van der Waals surface area contributed by atoms with Gasteiger partial charge in [-0.15, -0.1) is 0 Å². The van der Waals surface area contributed by atoms with Gasteiger partial charge in [-0.3, -0.25) is 4.79 Å². The summed E-state index contributed by atoms with van der Waals surface area (Å²) in [6.45, 7) is 1.96. The van der Waals surface area contributed by atoms with Crippen LogP contribution in [0.5, 0.6) is 5.75 Å². The second-order valence-corrected chi connectivity index (χ2v) is 7.91. The Morgan fingerprint density at radius 2 is 1.85 bits per heavy atom. The number of benzene rings is 3. The number of halogens is 1. The third-order valence-electron chi connectivity index (χ3n) is 5.24. The molecule has 0 saturated carbocycles. The van der Waals surface area contributed by atoms with E-state index in [1.54, 1.807) is 42.3 Å². The topological polar surface area (TPSA) is 79.9 Å². The fraction of sp³-hybridized carbons (Fsp3) is 0.0741. The summed E-state index contributed by atoms with van der Waals surface area (Å²) in [5, 5.41) is 17.6. The molecule has 0 aliphatic heterocycles. The molecule has 0 atom stereocenters. The van der Waals surface area contributed by atoms with Gasteiger partial charge in [-0.25, -0.2) is 4.68 Å². The number of amides is 1. The minimum absolute atomic E-state index is 0.0695. The normalized spacial score (nSPS) is 11.1. The maximum atomic E-state index is 12.9. The molecule has 0 spiro atoms. The van der Waals surface area contributed by atoms with Crippen molar-refractivity contribution < 1.29 is 9.53 Å². The van der Waals surface area contributed by atoms with E-state index in [0.29, 0.717) is 22.0 Å². The number of rotatable bonds is 6. The Bertz CT molecular complexity index is 1420. The highest BCUT2D eigenvalue weighted by molar-refractivity contribution is 6.34. The number of nitriles is 1. The van der Waals surface area contributed by atoms with E-state index in [1.807, 2.05) is 61.5 Å². The molecule has 0 radical (unpaired) electrons. The first kappa shape index (κ1) is 22.8. The quantitative estimate of drug-likeness (QED) is 0.275. The van der Waals surface area contributed by atoms with E-state index in [9.17, 15) is 10.1 Å². The van der Waals surface area contributed by atoms with Crippen molar-refractivity contribution in [2.24, 2.45) is 0 Å². The van der Waals surface area contributed by atoms with Gasteiger partial charge in [-0.05, 0) is 61.0 Å². The highest BCUT2D eigenvalue weighted by Gasteiger charge is 2.17. The van der Waals surface area contributed by atoms with Gasteiger partial charge >= 0.3 is 0 Å². The molecule has 0 aliphatic rings. The van der Waals surface area contributed by atoms with Crippen LogP contribution in [0.3, 0.4) is 0 Å². The van der Waals surface area contributed by atoms with Gasteiger partial charge in [0.15, 0.2) is 0 Å². The zero-order valence-electron chi connectivity index (χ0n) is 18.6. The number of hydrogen-bond acceptors (Lipinski definition) is 4. The van der Waals surface area contributed by atoms with E-state index >= 15 is 0 Å². The Labute approximate surface area is 202 Å². The van der Waals surface area contributed by atoms with Gasteiger partial charge in [-0.1, -0.05) is 41.9 Å². The summed E-state index contributed by atoms with van der Waals surface area (Å²) >= 11 is 6.15. The molecule has 1 aromatic heterocycles. The van der Waals surface area contributed by atoms with Crippen LogP contribution in [0.4, 0.5) is 5.69 Å². The van der Waals surface area contributed by atoms with E-state index in [-0.39, 0.29) is 5.57 Å². The zero-order valence-corrected chi connectivity index (χ0v) is 19.4. The van der Waals surface area contributed by atoms with Crippen LogP contribution in [-0.4, -0.2) is 22.8 Å². The number of para-hydroxylation sites is 2.